The van der Waals surface area contributed by atoms with Crippen molar-refractivity contribution in [3.63, 3.8) is 0 Å². The van der Waals surface area contributed by atoms with Crippen LogP contribution in [0.2, 0.25) is 0 Å². The van der Waals surface area contributed by atoms with Crippen molar-refractivity contribution in [3.8, 4) is 0 Å². The monoisotopic (exact) mass is 285 g/mol. The number of anilines is 1. The summed E-state index contributed by atoms with van der Waals surface area (Å²) in [6, 6.07) is 10.4. The predicted molar refractivity (Wildman–Crippen MR) is 91.9 cm³/mol. The molecule has 0 saturated carbocycles. The van der Waals surface area contributed by atoms with E-state index in [0.29, 0.717) is 0 Å². The van der Waals surface area contributed by atoms with Gasteiger partial charge < -0.3 is 10.2 Å². The molecule has 3 nitrogen and oxygen atoms in total. The van der Waals surface area contributed by atoms with Crippen LogP contribution in [-0.4, -0.2) is 36.1 Å². The Morgan fingerprint density at radius 2 is 1.76 bits per heavy atom. The second-order valence-corrected chi connectivity index (χ2v) is 5.50. The van der Waals surface area contributed by atoms with Crippen LogP contribution in [0.15, 0.2) is 36.5 Å². The SMILES string of the molecule is CCCN(CCC)CCCNc1cccc2cccnc12. The van der Waals surface area contributed by atoms with E-state index < -0.39 is 0 Å². The highest BCUT2D eigenvalue weighted by atomic mass is 15.1. The Labute approximate surface area is 128 Å². The molecular formula is C18H27N3. The van der Waals surface area contributed by atoms with E-state index in [-0.39, 0.29) is 0 Å². The summed E-state index contributed by atoms with van der Waals surface area (Å²) in [6.45, 7) is 9.10. The largest absolute Gasteiger partial charge is 0.383 e. The lowest BCUT2D eigenvalue weighted by Crippen LogP contribution is -2.27. The maximum atomic E-state index is 4.48. The highest BCUT2D eigenvalue weighted by Gasteiger charge is 2.03. The topological polar surface area (TPSA) is 28.2 Å². The predicted octanol–water partition coefficient (Wildman–Crippen LogP) is 4.16. The molecule has 0 spiro atoms. The van der Waals surface area contributed by atoms with Gasteiger partial charge in [-0.25, -0.2) is 0 Å². The van der Waals surface area contributed by atoms with Gasteiger partial charge in [-0.2, -0.15) is 0 Å². The van der Waals surface area contributed by atoms with Crippen molar-refractivity contribution in [2.45, 2.75) is 33.1 Å². The summed E-state index contributed by atoms with van der Waals surface area (Å²) >= 11 is 0. The van der Waals surface area contributed by atoms with Crippen LogP contribution in [0.4, 0.5) is 5.69 Å². The van der Waals surface area contributed by atoms with Crippen molar-refractivity contribution in [1.29, 1.82) is 0 Å². The number of rotatable bonds is 9. The van der Waals surface area contributed by atoms with Gasteiger partial charge in [-0.05, 0) is 51.0 Å². The first-order valence-electron chi connectivity index (χ1n) is 8.15. The number of para-hydroxylation sites is 1. The Bertz CT molecular complexity index is 527. The molecule has 114 valence electrons. The van der Waals surface area contributed by atoms with Gasteiger partial charge in [0.25, 0.3) is 0 Å². The number of nitrogens with zero attached hydrogens (tertiary/aromatic N) is 2. The Morgan fingerprint density at radius 3 is 2.52 bits per heavy atom. The van der Waals surface area contributed by atoms with Gasteiger partial charge in [-0.3, -0.25) is 4.98 Å². The average molecular weight is 285 g/mol. The van der Waals surface area contributed by atoms with E-state index in [2.05, 4.69) is 53.3 Å². The Kier molecular flexibility index (Phi) is 6.48. The lowest BCUT2D eigenvalue weighted by atomic mass is 10.2. The van der Waals surface area contributed by atoms with E-state index in [1.54, 1.807) is 0 Å². The van der Waals surface area contributed by atoms with Crippen LogP contribution in [0.25, 0.3) is 10.9 Å². The number of benzene rings is 1. The molecule has 0 aliphatic rings. The third kappa shape index (κ3) is 4.71. The molecule has 21 heavy (non-hydrogen) atoms. The van der Waals surface area contributed by atoms with Crippen LogP contribution in [-0.2, 0) is 0 Å². The van der Waals surface area contributed by atoms with Gasteiger partial charge >= 0.3 is 0 Å². The molecule has 0 bridgehead atoms. The average Bonchev–Trinajstić information content (AvgIpc) is 2.52. The van der Waals surface area contributed by atoms with Crippen molar-refractivity contribution in [1.82, 2.24) is 9.88 Å². The van der Waals surface area contributed by atoms with Crippen LogP contribution < -0.4 is 5.32 Å². The minimum absolute atomic E-state index is 1.000. The smallest absolute Gasteiger partial charge is 0.0933 e. The van der Waals surface area contributed by atoms with Gasteiger partial charge in [0.1, 0.15) is 0 Å². The van der Waals surface area contributed by atoms with Crippen molar-refractivity contribution >= 4 is 16.6 Å². The van der Waals surface area contributed by atoms with Crippen molar-refractivity contribution in [2.24, 2.45) is 0 Å². The maximum Gasteiger partial charge on any atom is 0.0933 e. The van der Waals surface area contributed by atoms with Crippen LogP contribution in [0.5, 0.6) is 0 Å². The Morgan fingerprint density at radius 1 is 1.00 bits per heavy atom. The molecule has 0 radical (unpaired) electrons. The van der Waals surface area contributed by atoms with Crippen LogP contribution in [0.1, 0.15) is 33.1 Å². The van der Waals surface area contributed by atoms with E-state index in [0.717, 1.165) is 17.7 Å². The van der Waals surface area contributed by atoms with Crippen LogP contribution >= 0.6 is 0 Å². The first-order chi connectivity index (χ1) is 10.3. The summed E-state index contributed by atoms with van der Waals surface area (Å²) in [6.07, 6.45) is 5.50. The Balaban J connectivity index is 1.85. The standard InChI is InChI=1S/C18H27N3/c1-3-13-21(14-4-2)15-7-12-19-17-10-5-8-16-9-6-11-20-18(16)17/h5-6,8-11,19H,3-4,7,12-15H2,1-2H3. The minimum Gasteiger partial charge on any atom is -0.383 e. The van der Waals surface area contributed by atoms with Crippen molar-refractivity contribution < 1.29 is 0 Å². The molecular weight excluding hydrogens is 258 g/mol. The van der Waals surface area contributed by atoms with E-state index in [9.17, 15) is 0 Å². The lowest BCUT2D eigenvalue weighted by Gasteiger charge is -2.21. The highest BCUT2D eigenvalue weighted by Crippen LogP contribution is 2.20. The summed E-state index contributed by atoms with van der Waals surface area (Å²) < 4.78 is 0. The second-order valence-electron chi connectivity index (χ2n) is 5.50. The van der Waals surface area contributed by atoms with E-state index in [1.165, 1.54) is 44.3 Å². The first kappa shape index (κ1) is 15.8. The van der Waals surface area contributed by atoms with Gasteiger partial charge in [-0.1, -0.05) is 32.0 Å². The number of hydrogen-bond donors (Lipinski definition) is 1. The molecule has 0 fully saturated rings. The van der Waals surface area contributed by atoms with Crippen molar-refractivity contribution in [3.05, 3.63) is 36.5 Å². The molecule has 0 unspecified atom stereocenters. The van der Waals surface area contributed by atoms with Crippen molar-refractivity contribution in [2.75, 3.05) is 31.5 Å². The highest BCUT2D eigenvalue weighted by molar-refractivity contribution is 5.90. The number of fused-ring (bicyclic) bond motifs is 1. The normalized spacial score (nSPS) is 11.2. The van der Waals surface area contributed by atoms with Gasteiger partial charge in [0.2, 0.25) is 0 Å². The number of pyridine rings is 1. The number of hydrogen-bond acceptors (Lipinski definition) is 3. The molecule has 0 saturated heterocycles. The van der Waals surface area contributed by atoms with E-state index in [1.807, 2.05) is 12.3 Å². The fourth-order valence-corrected chi connectivity index (χ4v) is 2.74. The molecule has 1 heterocycles. The fraction of sp³-hybridized carbons (Fsp3) is 0.500. The third-order valence-corrected chi connectivity index (χ3v) is 3.68. The van der Waals surface area contributed by atoms with E-state index >= 15 is 0 Å². The summed E-state index contributed by atoms with van der Waals surface area (Å²) in [5.74, 6) is 0. The number of nitrogens with one attached hydrogen (secondary N) is 1. The molecule has 3 heteroatoms. The van der Waals surface area contributed by atoms with Crippen LogP contribution in [0.3, 0.4) is 0 Å². The third-order valence-electron chi connectivity index (χ3n) is 3.68. The summed E-state index contributed by atoms with van der Waals surface area (Å²) in [5, 5.41) is 4.73. The molecule has 0 aliphatic heterocycles. The quantitative estimate of drug-likeness (QED) is 0.701. The second kappa shape index (κ2) is 8.63. The molecule has 1 aromatic carbocycles. The van der Waals surface area contributed by atoms with Crippen LogP contribution in [0, 0.1) is 0 Å². The summed E-state index contributed by atoms with van der Waals surface area (Å²) in [4.78, 5) is 7.04. The number of aromatic nitrogens is 1. The molecule has 2 aromatic rings. The minimum atomic E-state index is 1.000. The molecule has 1 aromatic heterocycles. The Hall–Kier alpha value is -1.61. The summed E-state index contributed by atoms with van der Waals surface area (Å²) in [7, 11) is 0. The molecule has 2 rings (SSSR count). The molecule has 0 atom stereocenters. The fourth-order valence-electron chi connectivity index (χ4n) is 2.74. The first-order valence-corrected chi connectivity index (χ1v) is 8.15. The molecule has 0 aliphatic carbocycles. The molecule has 0 amide bonds. The van der Waals surface area contributed by atoms with Gasteiger partial charge in [-0.15, -0.1) is 0 Å². The summed E-state index contributed by atoms with van der Waals surface area (Å²) in [5.41, 5.74) is 2.21. The zero-order valence-corrected chi connectivity index (χ0v) is 13.3. The lowest BCUT2D eigenvalue weighted by molar-refractivity contribution is 0.274. The molecule has 1 N–H and O–H groups in total. The van der Waals surface area contributed by atoms with Gasteiger partial charge in [0.15, 0.2) is 0 Å². The van der Waals surface area contributed by atoms with E-state index in [4.69, 9.17) is 0 Å². The van der Waals surface area contributed by atoms with Gasteiger partial charge in [0, 0.05) is 18.1 Å². The zero-order chi connectivity index (χ0) is 14.9. The zero-order valence-electron chi connectivity index (χ0n) is 13.3. The van der Waals surface area contributed by atoms with Gasteiger partial charge in [0.05, 0.1) is 11.2 Å². The maximum absolute atomic E-state index is 4.48.